The lowest BCUT2D eigenvalue weighted by Crippen LogP contribution is -2.08. The van der Waals surface area contributed by atoms with Gasteiger partial charge in [-0.1, -0.05) is 35.3 Å². The molecular formula is C13H11Cl2FN2. The summed E-state index contributed by atoms with van der Waals surface area (Å²) in [5, 5.41) is 4.09. The number of aromatic nitrogens is 1. The van der Waals surface area contributed by atoms with Crippen molar-refractivity contribution in [3.63, 3.8) is 0 Å². The van der Waals surface area contributed by atoms with Gasteiger partial charge in [0, 0.05) is 12.2 Å². The number of benzene rings is 1. The minimum absolute atomic E-state index is 0.0308. The van der Waals surface area contributed by atoms with Crippen LogP contribution in [0, 0.1) is 5.82 Å². The molecule has 1 atom stereocenters. The Morgan fingerprint density at radius 2 is 1.89 bits per heavy atom. The predicted molar refractivity (Wildman–Crippen MR) is 72.7 cm³/mol. The third kappa shape index (κ3) is 3.12. The van der Waals surface area contributed by atoms with Crippen LogP contribution in [0.5, 0.6) is 0 Å². The summed E-state index contributed by atoms with van der Waals surface area (Å²) < 4.78 is 12.8. The number of halogens is 3. The maximum atomic E-state index is 12.8. The summed E-state index contributed by atoms with van der Waals surface area (Å²) in [6.45, 7) is 1.94. The van der Waals surface area contributed by atoms with E-state index in [1.54, 1.807) is 18.2 Å². The standard InChI is InChI=1S/C13H11Cl2FN2/c1-8(9-2-4-11(16)5-3-9)18-13-12(15)6-10(14)7-17-13/h2-8H,1H3,(H,17,18). The fourth-order valence-corrected chi connectivity index (χ4v) is 2.00. The first-order valence-electron chi connectivity index (χ1n) is 5.39. The van der Waals surface area contributed by atoms with Gasteiger partial charge >= 0.3 is 0 Å². The number of pyridine rings is 1. The van der Waals surface area contributed by atoms with E-state index < -0.39 is 0 Å². The van der Waals surface area contributed by atoms with Crippen molar-refractivity contribution in [1.82, 2.24) is 4.98 Å². The molecule has 0 fully saturated rings. The van der Waals surface area contributed by atoms with Crippen LogP contribution < -0.4 is 5.32 Å². The summed E-state index contributed by atoms with van der Waals surface area (Å²) >= 11 is 11.8. The Kier molecular flexibility index (Phi) is 4.04. The van der Waals surface area contributed by atoms with Gasteiger partial charge in [0.1, 0.15) is 11.6 Å². The average Bonchev–Trinajstić information content (AvgIpc) is 2.33. The van der Waals surface area contributed by atoms with Gasteiger partial charge in [-0.3, -0.25) is 0 Å². The smallest absolute Gasteiger partial charge is 0.145 e. The van der Waals surface area contributed by atoms with E-state index in [1.165, 1.54) is 18.3 Å². The average molecular weight is 285 g/mol. The summed E-state index contributed by atoms with van der Waals surface area (Å²) in [6.07, 6.45) is 1.52. The second-order valence-electron chi connectivity index (χ2n) is 3.90. The summed E-state index contributed by atoms with van der Waals surface area (Å²) in [5.74, 6) is 0.298. The van der Waals surface area contributed by atoms with Crippen LogP contribution in [0.3, 0.4) is 0 Å². The van der Waals surface area contributed by atoms with Gasteiger partial charge in [0.2, 0.25) is 0 Å². The number of nitrogens with one attached hydrogen (secondary N) is 1. The summed E-state index contributed by atoms with van der Waals surface area (Å²) in [6, 6.07) is 7.87. The van der Waals surface area contributed by atoms with Crippen molar-refractivity contribution in [3.8, 4) is 0 Å². The molecule has 2 nitrogen and oxygen atoms in total. The number of hydrogen-bond donors (Lipinski definition) is 1. The van der Waals surface area contributed by atoms with Gasteiger partial charge in [-0.25, -0.2) is 9.37 Å². The van der Waals surface area contributed by atoms with Crippen LogP contribution in [-0.2, 0) is 0 Å². The zero-order valence-corrected chi connectivity index (χ0v) is 11.1. The molecule has 0 spiro atoms. The molecule has 1 unspecified atom stereocenters. The Balaban J connectivity index is 2.15. The molecule has 0 amide bonds. The van der Waals surface area contributed by atoms with Gasteiger partial charge in [0.25, 0.3) is 0 Å². The second-order valence-corrected chi connectivity index (χ2v) is 4.75. The highest BCUT2D eigenvalue weighted by Gasteiger charge is 2.09. The topological polar surface area (TPSA) is 24.9 Å². The maximum Gasteiger partial charge on any atom is 0.145 e. The molecule has 1 heterocycles. The molecule has 0 aliphatic carbocycles. The van der Waals surface area contributed by atoms with Crippen LogP contribution in [0.1, 0.15) is 18.5 Å². The zero-order chi connectivity index (χ0) is 13.1. The van der Waals surface area contributed by atoms with Crippen molar-refractivity contribution in [1.29, 1.82) is 0 Å². The largest absolute Gasteiger partial charge is 0.362 e. The SMILES string of the molecule is CC(Nc1ncc(Cl)cc1Cl)c1ccc(F)cc1. The molecule has 94 valence electrons. The maximum absolute atomic E-state index is 12.8. The number of hydrogen-bond acceptors (Lipinski definition) is 2. The van der Waals surface area contributed by atoms with Gasteiger partial charge < -0.3 is 5.32 Å². The molecule has 0 saturated heterocycles. The molecular weight excluding hydrogens is 274 g/mol. The molecule has 0 aliphatic rings. The quantitative estimate of drug-likeness (QED) is 0.884. The van der Waals surface area contributed by atoms with Crippen LogP contribution in [-0.4, -0.2) is 4.98 Å². The van der Waals surface area contributed by atoms with Crippen LogP contribution >= 0.6 is 23.2 Å². The molecule has 18 heavy (non-hydrogen) atoms. The van der Waals surface area contributed by atoms with E-state index in [9.17, 15) is 4.39 Å². The highest BCUT2D eigenvalue weighted by atomic mass is 35.5. The van der Waals surface area contributed by atoms with Crippen molar-refractivity contribution in [2.45, 2.75) is 13.0 Å². The van der Waals surface area contributed by atoms with Gasteiger partial charge in [0.15, 0.2) is 0 Å². The number of nitrogens with zero attached hydrogens (tertiary/aromatic N) is 1. The Morgan fingerprint density at radius 1 is 1.22 bits per heavy atom. The van der Waals surface area contributed by atoms with E-state index in [2.05, 4.69) is 10.3 Å². The summed E-state index contributed by atoms with van der Waals surface area (Å²) in [5.41, 5.74) is 0.948. The number of rotatable bonds is 3. The van der Waals surface area contributed by atoms with Gasteiger partial charge in [-0.15, -0.1) is 0 Å². The summed E-state index contributed by atoms with van der Waals surface area (Å²) in [4.78, 5) is 4.11. The molecule has 0 bridgehead atoms. The Morgan fingerprint density at radius 3 is 2.50 bits per heavy atom. The Labute approximate surface area is 115 Å². The molecule has 1 aromatic heterocycles. The van der Waals surface area contributed by atoms with E-state index in [0.717, 1.165) is 5.56 Å². The fraction of sp³-hybridized carbons (Fsp3) is 0.154. The van der Waals surface area contributed by atoms with Gasteiger partial charge in [0.05, 0.1) is 10.0 Å². The first kappa shape index (κ1) is 13.1. The molecule has 5 heteroatoms. The van der Waals surface area contributed by atoms with Crippen LogP contribution in [0.2, 0.25) is 10.0 Å². The van der Waals surface area contributed by atoms with Crippen LogP contribution in [0.15, 0.2) is 36.5 Å². The Bertz CT molecular complexity index is 543. The lowest BCUT2D eigenvalue weighted by molar-refractivity contribution is 0.626. The Hall–Kier alpha value is -1.32. The molecule has 0 saturated carbocycles. The first-order valence-corrected chi connectivity index (χ1v) is 6.15. The summed E-state index contributed by atoms with van der Waals surface area (Å²) in [7, 11) is 0. The molecule has 1 aromatic carbocycles. The molecule has 2 aromatic rings. The van der Waals surface area contributed by atoms with Crippen LogP contribution in [0.25, 0.3) is 0 Å². The lowest BCUT2D eigenvalue weighted by atomic mass is 10.1. The molecule has 0 aliphatic heterocycles. The highest BCUT2D eigenvalue weighted by Crippen LogP contribution is 2.26. The van der Waals surface area contributed by atoms with E-state index in [0.29, 0.717) is 15.9 Å². The highest BCUT2D eigenvalue weighted by molar-refractivity contribution is 6.35. The van der Waals surface area contributed by atoms with Crippen molar-refractivity contribution in [2.75, 3.05) is 5.32 Å². The van der Waals surface area contributed by atoms with Crippen molar-refractivity contribution in [3.05, 3.63) is 58.0 Å². The lowest BCUT2D eigenvalue weighted by Gasteiger charge is -2.15. The van der Waals surface area contributed by atoms with E-state index in [1.807, 2.05) is 6.92 Å². The van der Waals surface area contributed by atoms with Gasteiger partial charge in [-0.05, 0) is 30.7 Å². The zero-order valence-electron chi connectivity index (χ0n) is 9.62. The van der Waals surface area contributed by atoms with Crippen molar-refractivity contribution >= 4 is 29.0 Å². The molecule has 1 N–H and O–H groups in total. The van der Waals surface area contributed by atoms with E-state index >= 15 is 0 Å². The fourth-order valence-electron chi connectivity index (χ4n) is 1.56. The minimum Gasteiger partial charge on any atom is -0.362 e. The van der Waals surface area contributed by atoms with E-state index in [-0.39, 0.29) is 11.9 Å². The molecule has 0 radical (unpaired) electrons. The predicted octanol–water partition coefficient (Wildman–Crippen LogP) is 4.70. The minimum atomic E-state index is -0.256. The van der Waals surface area contributed by atoms with Crippen LogP contribution in [0.4, 0.5) is 10.2 Å². The second kappa shape index (κ2) is 5.55. The van der Waals surface area contributed by atoms with E-state index in [4.69, 9.17) is 23.2 Å². The van der Waals surface area contributed by atoms with Crippen molar-refractivity contribution < 1.29 is 4.39 Å². The third-order valence-electron chi connectivity index (χ3n) is 2.53. The normalized spacial score (nSPS) is 12.2. The third-order valence-corrected chi connectivity index (χ3v) is 3.03. The molecule has 2 rings (SSSR count). The van der Waals surface area contributed by atoms with Crippen molar-refractivity contribution in [2.24, 2.45) is 0 Å². The monoisotopic (exact) mass is 284 g/mol. The van der Waals surface area contributed by atoms with Gasteiger partial charge in [-0.2, -0.15) is 0 Å². The number of anilines is 1. The first-order chi connectivity index (χ1) is 8.56.